The van der Waals surface area contributed by atoms with Gasteiger partial charge in [-0.25, -0.2) is 5.43 Å². The summed E-state index contributed by atoms with van der Waals surface area (Å²) < 4.78 is 8.98. The van der Waals surface area contributed by atoms with Gasteiger partial charge in [-0.3, -0.25) is 4.79 Å². The third-order valence-corrected chi connectivity index (χ3v) is 5.76. The summed E-state index contributed by atoms with van der Waals surface area (Å²) in [4.78, 5) is 12.4. The molecule has 32 heavy (non-hydrogen) atoms. The van der Waals surface area contributed by atoms with Crippen LogP contribution in [0, 0.1) is 3.57 Å². The molecule has 1 aromatic heterocycles. The Bertz CT molecular complexity index is 1230. The average Bonchev–Trinajstić information content (AvgIpc) is 3.17. The van der Waals surface area contributed by atoms with Crippen molar-refractivity contribution in [3.8, 4) is 5.75 Å². The van der Waals surface area contributed by atoms with Gasteiger partial charge in [-0.2, -0.15) is 5.10 Å². The Morgan fingerprint density at radius 1 is 1.06 bits per heavy atom. The number of benzene rings is 3. The number of carbonyl (C=O) groups is 1. The van der Waals surface area contributed by atoms with Gasteiger partial charge in [0, 0.05) is 38.3 Å². The van der Waals surface area contributed by atoms with E-state index in [0.717, 1.165) is 35.2 Å². The first-order valence-electron chi connectivity index (χ1n) is 10.5. The van der Waals surface area contributed by atoms with Crippen LogP contribution < -0.4 is 10.2 Å². The first kappa shape index (κ1) is 22.1. The highest BCUT2D eigenvalue weighted by Crippen LogP contribution is 2.21. The maximum atomic E-state index is 12.4. The Kier molecular flexibility index (Phi) is 7.21. The van der Waals surface area contributed by atoms with Gasteiger partial charge in [-0.05, 0) is 77.0 Å². The summed E-state index contributed by atoms with van der Waals surface area (Å²) in [6.07, 6.45) is 4.71. The number of nitrogens with one attached hydrogen (secondary N) is 1. The number of carbonyl (C=O) groups excluding carboxylic acids is 1. The lowest BCUT2D eigenvalue weighted by atomic mass is 10.2. The van der Waals surface area contributed by atoms with Crippen LogP contribution in [0.4, 0.5) is 0 Å². The van der Waals surface area contributed by atoms with E-state index in [2.05, 4.69) is 87.2 Å². The van der Waals surface area contributed by atoms with Gasteiger partial charge in [0.1, 0.15) is 5.75 Å². The first-order valence-corrected chi connectivity index (χ1v) is 11.6. The SMILES string of the molecule is CCCOc1ccc(C(=O)N/N=C/c2cn(Cc3ccc(I)cc3)c3ccccc23)cc1. The van der Waals surface area contributed by atoms with E-state index in [-0.39, 0.29) is 5.91 Å². The van der Waals surface area contributed by atoms with Crippen LogP contribution in [0.25, 0.3) is 10.9 Å². The molecule has 0 aliphatic rings. The van der Waals surface area contributed by atoms with Gasteiger partial charge < -0.3 is 9.30 Å². The second kappa shape index (κ2) is 10.5. The number of ether oxygens (including phenoxy) is 1. The summed E-state index contributed by atoms with van der Waals surface area (Å²) >= 11 is 2.31. The highest BCUT2D eigenvalue weighted by Gasteiger charge is 2.08. The number of fused-ring (bicyclic) bond motifs is 1. The van der Waals surface area contributed by atoms with Gasteiger partial charge in [0.25, 0.3) is 5.91 Å². The zero-order valence-electron chi connectivity index (χ0n) is 17.8. The van der Waals surface area contributed by atoms with E-state index < -0.39 is 0 Å². The van der Waals surface area contributed by atoms with E-state index in [1.165, 1.54) is 9.13 Å². The van der Waals surface area contributed by atoms with Gasteiger partial charge in [0.05, 0.1) is 12.8 Å². The first-order chi connectivity index (χ1) is 15.6. The average molecular weight is 537 g/mol. The van der Waals surface area contributed by atoms with Crippen molar-refractivity contribution >= 4 is 45.6 Å². The minimum Gasteiger partial charge on any atom is -0.494 e. The molecule has 4 aromatic rings. The van der Waals surface area contributed by atoms with E-state index in [1.54, 1.807) is 30.5 Å². The molecule has 0 radical (unpaired) electrons. The highest BCUT2D eigenvalue weighted by atomic mass is 127. The van der Waals surface area contributed by atoms with Crippen molar-refractivity contribution in [2.75, 3.05) is 6.61 Å². The van der Waals surface area contributed by atoms with Crippen LogP contribution in [-0.4, -0.2) is 23.3 Å². The second-order valence-corrected chi connectivity index (χ2v) is 8.67. The van der Waals surface area contributed by atoms with Gasteiger partial charge in [0.2, 0.25) is 0 Å². The Morgan fingerprint density at radius 2 is 1.81 bits per heavy atom. The monoisotopic (exact) mass is 537 g/mol. The van der Waals surface area contributed by atoms with Crippen molar-refractivity contribution in [2.45, 2.75) is 19.9 Å². The fourth-order valence-corrected chi connectivity index (χ4v) is 3.80. The van der Waals surface area contributed by atoms with Gasteiger partial charge >= 0.3 is 0 Å². The molecule has 3 aromatic carbocycles. The van der Waals surface area contributed by atoms with Crippen molar-refractivity contribution < 1.29 is 9.53 Å². The van der Waals surface area contributed by atoms with Crippen molar-refractivity contribution in [1.82, 2.24) is 9.99 Å². The number of nitrogens with zero attached hydrogens (tertiary/aromatic N) is 2. The second-order valence-electron chi connectivity index (χ2n) is 7.43. The highest BCUT2D eigenvalue weighted by molar-refractivity contribution is 14.1. The molecule has 1 N–H and O–H groups in total. The van der Waals surface area contributed by atoms with E-state index in [4.69, 9.17) is 4.74 Å². The fraction of sp³-hybridized carbons (Fsp3) is 0.154. The molecule has 1 amide bonds. The van der Waals surface area contributed by atoms with Crippen molar-refractivity contribution in [3.63, 3.8) is 0 Å². The van der Waals surface area contributed by atoms with Crippen molar-refractivity contribution in [1.29, 1.82) is 0 Å². The Labute approximate surface area is 201 Å². The van der Waals surface area contributed by atoms with Gasteiger partial charge in [0.15, 0.2) is 0 Å². The summed E-state index contributed by atoms with van der Waals surface area (Å²) in [5.74, 6) is 0.499. The van der Waals surface area contributed by atoms with Crippen LogP contribution in [0.5, 0.6) is 5.75 Å². The molecule has 0 spiro atoms. The number of halogens is 1. The number of hydrogen-bond acceptors (Lipinski definition) is 3. The number of hydrogen-bond donors (Lipinski definition) is 1. The summed E-state index contributed by atoms with van der Waals surface area (Å²) in [5.41, 5.74) is 6.46. The third kappa shape index (κ3) is 5.37. The lowest BCUT2D eigenvalue weighted by molar-refractivity contribution is 0.0955. The molecule has 1 heterocycles. The molecule has 0 saturated carbocycles. The summed E-state index contributed by atoms with van der Waals surface area (Å²) in [6.45, 7) is 3.48. The number of aromatic nitrogens is 1. The summed E-state index contributed by atoms with van der Waals surface area (Å²) in [6, 6.07) is 23.8. The molecular weight excluding hydrogens is 513 g/mol. The lowest BCUT2D eigenvalue weighted by Crippen LogP contribution is -2.17. The molecule has 4 rings (SSSR count). The molecule has 0 aliphatic heterocycles. The summed E-state index contributed by atoms with van der Waals surface area (Å²) in [5, 5.41) is 5.29. The molecule has 0 fully saturated rings. The van der Waals surface area contributed by atoms with E-state index in [0.29, 0.717) is 12.2 Å². The minimum atomic E-state index is -0.258. The smallest absolute Gasteiger partial charge is 0.271 e. The Hall–Kier alpha value is -3.13. The van der Waals surface area contributed by atoms with E-state index in [9.17, 15) is 4.79 Å². The van der Waals surface area contributed by atoms with E-state index >= 15 is 0 Å². The topological polar surface area (TPSA) is 55.6 Å². The molecule has 0 bridgehead atoms. The van der Waals surface area contributed by atoms with Crippen molar-refractivity contribution in [2.24, 2.45) is 5.10 Å². The lowest BCUT2D eigenvalue weighted by Gasteiger charge is -2.05. The molecule has 6 heteroatoms. The van der Waals surface area contributed by atoms with Crippen LogP contribution in [0.2, 0.25) is 0 Å². The largest absolute Gasteiger partial charge is 0.494 e. The van der Waals surface area contributed by atoms with Crippen LogP contribution >= 0.6 is 22.6 Å². The van der Waals surface area contributed by atoms with Crippen LogP contribution in [0.15, 0.2) is 84.1 Å². The zero-order valence-corrected chi connectivity index (χ0v) is 20.0. The molecule has 162 valence electrons. The molecule has 0 aliphatic carbocycles. The normalized spacial score (nSPS) is 11.2. The van der Waals surface area contributed by atoms with E-state index in [1.807, 2.05) is 12.1 Å². The van der Waals surface area contributed by atoms with Gasteiger partial charge in [-0.15, -0.1) is 0 Å². The van der Waals surface area contributed by atoms with Crippen LogP contribution in [-0.2, 0) is 6.54 Å². The predicted molar refractivity (Wildman–Crippen MR) is 137 cm³/mol. The Morgan fingerprint density at radius 3 is 2.56 bits per heavy atom. The number of rotatable bonds is 8. The third-order valence-electron chi connectivity index (χ3n) is 5.04. The van der Waals surface area contributed by atoms with Crippen molar-refractivity contribution in [3.05, 3.63) is 99.3 Å². The maximum Gasteiger partial charge on any atom is 0.271 e. The molecule has 5 nitrogen and oxygen atoms in total. The number of hydrazone groups is 1. The standard InChI is InChI=1S/C26H24IN3O2/c1-2-15-32-23-13-9-20(10-14-23)26(31)29-28-16-21-18-30(25-6-4-3-5-24(21)25)17-19-7-11-22(27)12-8-19/h3-14,16,18H,2,15,17H2,1H3,(H,29,31)/b28-16+. The molecule has 0 unspecified atom stereocenters. The minimum absolute atomic E-state index is 0.258. The summed E-state index contributed by atoms with van der Waals surface area (Å²) in [7, 11) is 0. The number of amides is 1. The predicted octanol–water partition coefficient (Wildman–Crippen LogP) is 5.85. The van der Waals surface area contributed by atoms with Gasteiger partial charge in [-0.1, -0.05) is 37.3 Å². The maximum absolute atomic E-state index is 12.4. The quantitative estimate of drug-likeness (QED) is 0.174. The fourth-order valence-electron chi connectivity index (χ4n) is 3.44. The van der Waals surface area contributed by atoms with Crippen LogP contribution in [0.3, 0.4) is 0 Å². The Balaban J connectivity index is 1.47. The van der Waals surface area contributed by atoms with Crippen LogP contribution in [0.1, 0.15) is 34.8 Å². The molecule has 0 atom stereocenters. The number of para-hydroxylation sites is 1. The molecular formula is C26H24IN3O2. The zero-order chi connectivity index (χ0) is 22.3. The molecule has 0 saturated heterocycles.